The van der Waals surface area contributed by atoms with Crippen molar-refractivity contribution in [3.63, 3.8) is 0 Å². The van der Waals surface area contributed by atoms with Gasteiger partial charge in [0.1, 0.15) is 0 Å². The Kier molecular flexibility index (Phi) is 3.88. The van der Waals surface area contributed by atoms with Crippen LogP contribution in [-0.2, 0) is 9.53 Å². The molecule has 1 fully saturated rings. The molecule has 1 aromatic rings. The fourth-order valence-corrected chi connectivity index (χ4v) is 3.18. The Morgan fingerprint density at radius 2 is 2.14 bits per heavy atom. The third-order valence-electron chi connectivity index (χ3n) is 4.16. The molecule has 1 saturated heterocycles. The minimum atomic E-state index is -0.465. The predicted molar refractivity (Wildman–Crippen MR) is 83.1 cm³/mol. The van der Waals surface area contributed by atoms with Gasteiger partial charge in [0.2, 0.25) is 5.91 Å². The van der Waals surface area contributed by atoms with E-state index < -0.39 is 5.54 Å². The molecular formula is C17H20N2O3. The van der Waals surface area contributed by atoms with Gasteiger partial charge in [0.15, 0.2) is 0 Å². The van der Waals surface area contributed by atoms with Crippen molar-refractivity contribution < 1.29 is 14.3 Å². The van der Waals surface area contributed by atoms with Crippen molar-refractivity contribution in [2.75, 3.05) is 19.7 Å². The summed E-state index contributed by atoms with van der Waals surface area (Å²) in [6, 6.07) is 9.91. The molecule has 5 heteroatoms. The highest BCUT2D eigenvalue weighted by molar-refractivity contribution is 5.92. The Bertz CT molecular complexity index is 612. The highest BCUT2D eigenvalue weighted by Gasteiger charge is 2.42. The predicted octanol–water partition coefficient (Wildman–Crippen LogP) is 2.19. The topological polar surface area (TPSA) is 58.6 Å². The highest BCUT2D eigenvalue weighted by atomic mass is 16.6. The first-order valence-corrected chi connectivity index (χ1v) is 7.62. The number of benzene rings is 1. The largest absolute Gasteiger partial charge is 0.450 e. The molecule has 1 aromatic carbocycles. The summed E-state index contributed by atoms with van der Waals surface area (Å²) >= 11 is 0. The zero-order valence-corrected chi connectivity index (χ0v) is 12.7. The molecule has 1 spiro atoms. The number of hydrogen-bond acceptors (Lipinski definition) is 3. The molecule has 1 atom stereocenters. The average molecular weight is 300 g/mol. The number of amides is 2. The monoisotopic (exact) mass is 300 g/mol. The molecule has 2 aliphatic heterocycles. The van der Waals surface area contributed by atoms with E-state index in [1.165, 1.54) is 0 Å². The van der Waals surface area contributed by atoms with E-state index in [1.54, 1.807) is 11.8 Å². The summed E-state index contributed by atoms with van der Waals surface area (Å²) in [6.07, 6.45) is 2.90. The fraction of sp³-hybridized carbons (Fsp3) is 0.412. The van der Waals surface area contributed by atoms with Crippen molar-refractivity contribution >= 4 is 17.6 Å². The van der Waals surface area contributed by atoms with Crippen LogP contribution in [0.1, 0.15) is 25.3 Å². The number of nitrogens with zero attached hydrogens (tertiary/aromatic N) is 1. The summed E-state index contributed by atoms with van der Waals surface area (Å²) in [4.78, 5) is 25.7. The van der Waals surface area contributed by atoms with E-state index in [9.17, 15) is 9.59 Å². The summed E-state index contributed by atoms with van der Waals surface area (Å²) in [5, 5.41) is 3.05. The molecule has 116 valence electrons. The molecule has 5 nitrogen and oxygen atoms in total. The first kappa shape index (κ1) is 14.6. The zero-order chi connectivity index (χ0) is 15.6. The summed E-state index contributed by atoms with van der Waals surface area (Å²) in [7, 11) is 0. The fourth-order valence-electron chi connectivity index (χ4n) is 3.18. The molecule has 1 unspecified atom stereocenters. The summed E-state index contributed by atoms with van der Waals surface area (Å²) in [5.74, 6) is 0.00654. The number of hydrogen-bond donors (Lipinski definition) is 1. The normalized spacial score (nSPS) is 24.1. The maximum atomic E-state index is 12.1. The molecule has 22 heavy (non-hydrogen) atoms. The van der Waals surface area contributed by atoms with Gasteiger partial charge in [-0.05, 0) is 24.5 Å². The molecular weight excluding hydrogens is 280 g/mol. The molecule has 2 amide bonds. The van der Waals surface area contributed by atoms with Gasteiger partial charge in [0.25, 0.3) is 0 Å². The van der Waals surface area contributed by atoms with E-state index >= 15 is 0 Å². The Morgan fingerprint density at radius 1 is 1.36 bits per heavy atom. The van der Waals surface area contributed by atoms with Crippen LogP contribution >= 0.6 is 0 Å². The molecule has 2 aliphatic rings. The second kappa shape index (κ2) is 5.83. The van der Waals surface area contributed by atoms with Gasteiger partial charge < -0.3 is 15.0 Å². The zero-order valence-electron chi connectivity index (χ0n) is 12.7. The number of carbonyl (C=O) groups excluding carboxylic acids is 2. The lowest BCUT2D eigenvalue weighted by molar-refractivity contribution is -0.121. The third kappa shape index (κ3) is 2.84. The minimum absolute atomic E-state index is 0.00654. The van der Waals surface area contributed by atoms with Gasteiger partial charge in [-0.25, -0.2) is 4.79 Å². The lowest BCUT2D eigenvalue weighted by Gasteiger charge is -2.32. The van der Waals surface area contributed by atoms with Crippen LogP contribution in [0.5, 0.6) is 0 Å². The molecule has 0 radical (unpaired) electrons. The highest BCUT2D eigenvalue weighted by Crippen LogP contribution is 2.32. The van der Waals surface area contributed by atoms with Crippen molar-refractivity contribution in [2.45, 2.75) is 25.3 Å². The van der Waals surface area contributed by atoms with Crippen LogP contribution < -0.4 is 5.32 Å². The van der Waals surface area contributed by atoms with Crippen molar-refractivity contribution in [2.24, 2.45) is 0 Å². The van der Waals surface area contributed by atoms with Crippen molar-refractivity contribution in [1.82, 2.24) is 10.2 Å². The van der Waals surface area contributed by atoms with Gasteiger partial charge in [-0.15, -0.1) is 0 Å². The van der Waals surface area contributed by atoms with E-state index in [2.05, 4.69) is 11.4 Å². The van der Waals surface area contributed by atoms with Gasteiger partial charge >= 0.3 is 6.09 Å². The van der Waals surface area contributed by atoms with E-state index in [1.807, 2.05) is 30.3 Å². The SMILES string of the molecule is CCOC(=O)N1CCC2(C=C(c3ccccc3)CC(=O)N2)C1. The van der Waals surface area contributed by atoms with Crippen molar-refractivity contribution in [3.05, 3.63) is 42.0 Å². The molecule has 1 N–H and O–H groups in total. The van der Waals surface area contributed by atoms with Gasteiger partial charge in [0.05, 0.1) is 25.1 Å². The van der Waals surface area contributed by atoms with Crippen LogP contribution in [0.4, 0.5) is 4.79 Å². The smallest absolute Gasteiger partial charge is 0.409 e. The van der Waals surface area contributed by atoms with E-state index in [0.717, 1.165) is 11.1 Å². The summed E-state index contributed by atoms with van der Waals surface area (Å²) in [6.45, 7) is 3.21. The lowest BCUT2D eigenvalue weighted by atomic mass is 9.87. The van der Waals surface area contributed by atoms with Crippen LogP contribution in [-0.4, -0.2) is 42.1 Å². The third-order valence-corrected chi connectivity index (χ3v) is 4.16. The standard InChI is InChI=1S/C17H20N2O3/c1-2-22-16(21)19-9-8-17(12-19)11-14(10-15(20)18-17)13-6-4-3-5-7-13/h3-7,11H,2,8-10,12H2,1H3,(H,18,20). The molecule has 0 aliphatic carbocycles. The van der Waals surface area contributed by atoms with E-state index in [0.29, 0.717) is 32.5 Å². The van der Waals surface area contributed by atoms with Gasteiger partial charge in [-0.3, -0.25) is 4.79 Å². The average Bonchev–Trinajstić information content (AvgIpc) is 2.91. The Labute approximate surface area is 129 Å². The maximum Gasteiger partial charge on any atom is 0.409 e. The van der Waals surface area contributed by atoms with Gasteiger partial charge in [-0.1, -0.05) is 36.4 Å². The van der Waals surface area contributed by atoms with Crippen LogP contribution in [0.15, 0.2) is 36.4 Å². The van der Waals surface area contributed by atoms with E-state index in [-0.39, 0.29) is 12.0 Å². The van der Waals surface area contributed by atoms with Crippen LogP contribution in [0.2, 0.25) is 0 Å². The Morgan fingerprint density at radius 3 is 2.86 bits per heavy atom. The summed E-state index contributed by atoms with van der Waals surface area (Å²) in [5.41, 5.74) is 1.62. The first-order valence-electron chi connectivity index (χ1n) is 7.62. The molecule has 3 rings (SSSR count). The Hall–Kier alpha value is -2.30. The first-order chi connectivity index (χ1) is 10.6. The number of likely N-dealkylation sites (tertiary alicyclic amines) is 1. The number of nitrogens with one attached hydrogen (secondary N) is 1. The maximum absolute atomic E-state index is 12.1. The molecule has 0 bridgehead atoms. The second-order valence-electron chi connectivity index (χ2n) is 5.79. The van der Waals surface area contributed by atoms with Crippen LogP contribution in [0.25, 0.3) is 5.57 Å². The minimum Gasteiger partial charge on any atom is -0.450 e. The molecule has 2 heterocycles. The summed E-state index contributed by atoms with van der Waals surface area (Å²) < 4.78 is 5.05. The van der Waals surface area contributed by atoms with E-state index in [4.69, 9.17) is 4.74 Å². The van der Waals surface area contributed by atoms with Crippen molar-refractivity contribution in [1.29, 1.82) is 0 Å². The van der Waals surface area contributed by atoms with Crippen molar-refractivity contribution in [3.8, 4) is 0 Å². The van der Waals surface area contributed by atoms with Gasteiger partial charge in [0, 0.05) is 6.54 Å². The van der Waals surface area contributed by atoms with Gasteiger partial charge in [-0.2, -0.15) is 0 Å². The van der Waals surface area contributed by atoms with Crippen LogP contribution in [0, 0.1) is 0 Å². The number of carbonyl (C=O) groups is 2. The second-order valence-corrected chi connectivity index (χ2v) is 5.79. The molecule has 0 aromatic heterocycles. The quantitative estimate of drug-likeness (QED) is 0.911. The molecule has 0 saturated carbocycles. The lowest BCUT2D eigenvalue weighted by Crippen LogP contribution is -2.51. The number of ether oxygens (including phenoxy) is 1. The number of rotatable bonds is 2. The van der Waals surface area contributed by atoms with Crippen LogP contribution in [0.3, 0.4) is 0 Å². The Balaban J connectivity index is 1.84.